The maximum absolute atomic E-state index is 11.3. The topological polar surface area (TPSA) is 141 Å². The van der Waals surface area contributed by atoms with Gasteiger partial charge in [0, 0.05) is 0 Å². The molecular formula is C13H15NO9. The van der Waals surface area contributed by atoms with Crippen molar-refractivity contribution in [3.63, 3.8) is 0 Å². The molecule has 0 spiro atoms. The van der Waals surface area contributed by atoms with Crippen molar-refractivity contribution in [2.45, 2.75) is 30.8 Å². The zero-order valence-corrected chi connectivity index (χ0v) is 11.8. The van der Waals surface area contributed by atoms with Crippen LogP contribution in [0, 0.1) is 10.1 Å². The van der Waals surface area contributed by atoms with Crippen LogP contribution in [0.5, 0.6) is 11.5 Å². The zero-order valence-electron chi connectivity index (χ0n) is 11.8. The molecule has 0 aromatic heterocycles. The third-order valence-electron chi connectivity index (χ3n) is 3.72. The van der Waals surface area contributed by atoms with Crippen LogP contribution in [0.25, 0.3) is 0 Å². The molecule has 0 radical (unpaired) electrons. The molecule has 2 aliphatic heterocycles. The van der Waals surface area contributed by atoms with Gasteiger partial charge in [0.25, 0.3) is 0 Å². The molecule has 1 aromatic carbocycles. The first-order valence-electron chi connectivity index (χ1n) is 6.79. The quantitative estimate of drug-likeness (QED) is 0.351. The van der Waals surface area contributed by atoms with E-state index in [1.807, 2.05) is 0 Å². The van der Waals surface area contributed by atoms with E-state index in [4.69, 9.17) is 24.1 Å². The summed E-state index contributed by atoms with van der Waals surface area (Å²) in [5, 5.41) is 40.0. The normalized spacial score (nSPS) is 32.2. The number of hydrogen-bond acceptors (Lipinski definition) is 9. The van der Waals surface area contributed by atoms with Crippen LogP contribution in [0.2, 0.25) is 0 Å². The average Bonchev–Trinajstić information content (AvgIpc) is 3.10. The number of aliphatic hydroxyl groups excluding tert-OH is 3. The summed E-state index contributed by atoms with van der Waals surface area (Å²) >= 11 is 0. The van der Waals surface area contributed by atoms with Crippen molar-refractivity contribution in [3.05, 3.63) is 33.9 Å². The van der Waals surface area contributed by atoms with E-state index >= 15 is 0 Å². The summed E-state index contributed by atoms with van der Waals surface area (Å²) < 4.78 is 20.5. The van der Waals surface area contributed by atoms with Gasteiger partial charge in [-0.05, 0) is 17.7 Å². The lowest BCUT2D eigenvalue weighted by atomic mass is 10.1. The lowest BCUT2D eigenvalue weighted by molar-refractivity contribution is -0.700. The van der Waals surface area contributed by atoms with Gasteiger partial charge in [0.2, 0.25) is 12.9 Å². The van der Waals surface area contributed by atoms with Gasteiger partial charge in [-0.3, -0.25) is 19.6 Å². The fourth-order valence-corrected chi connectivity index (χ4v) is 2.46. The lowest BCUT2D eigenvalue weighted by Gasteiger charge is -2.22. The Morgan fingerprint density at radius 3 is 2.74 bits per heavy atom. The number of rotatable bonds is 5. The Balaban J connectivity index is 1.77. The molecule has 1 unspecified atom stereocenters. The van der Waals surface area contributed by atoms with Crippen LogP contribution in [-0.2, 0) is 16.1 Å². The van der Waals surface area contributed by atoms with Crippen LogP contribution in [0.1, 0.15) is 5.56 Å². The molecule has 0 saturated carbocycles. The van der Waals surface area contributed by atoms with Crippen molar-refractivity contribution in [1.82, 2.24) is 0 Å². The van der Waals surface area contributed by atoms with E-state index in [0.29, 0.717) is 17.1 Å². The molecule has 10 nitrogen and oxygen atoms in total. The highest BCUT2D eigenvalue weighted by molar-refractivity contribution is 5.44. The van der Waals surface area contributed by atoms with Gasteiger partial charge in [-0.15, -0.1) is 0 Å². The minimum atomic E-state index is -2.65. The SMILES string of the molecule is O=[N+]([O-])C1(OCc2ccc3c(c2)OCO3)O[C@H](CO)[C@@H](O)[C@H]1O. The van der Waals surface area contributed by atoms with E-state index in [-0.39, 0.29) is 13.4 Å². The summed E-state index contributed by atoms with van der Waals surface area (Å²) in [6.07, 6.45) is -4.89. The molecular weight excluding hydrogens is 314 g/mol. The number of nitrogens with zero attached hydrogens (tertiary/aromatic N) is 1. The van der Waals surface area contributed by atoms with E-state index in [9.17, 15) is 20.3 Å². The van der Waals surface area contributed by atoms with Gasteiger partial charge >= 0.3 is 5.91 Å². The fraction of sp³-hybridized carbons (Fsp3) is 0.538. The highest BCUT2D eigenvalue weighted by atomic mass is 16.8. The van der Waals surface area contributed by atoms with Crippen molar-refractivity contribution in [1.29, 1.82) is 0 Å². The summed E-state index contributed by atoms with van der Waals surface area (Å²) in [6.45, 7) is -0.884. The van der Waals surface area contributed by atoms with Gasteiger partial charge in [0.05, 0.1) is 18.1 Å². The Morgan fingerprint density at radius 2 is 2.09 bits per heavy atom. The van der Waals surface area contributed by atoms with E-state index in [0.717, 1.165) is 0 Å². The molecule has 0 amide bonds. The van der Waals surface area contributed by atoms with Crippen LogP contribution in [0.4, 0.5) is 0 Å². The second kappa shape index (κ2) is 5.91. The molecule has 0 aliphatic carbocycles. The largest absolute Gasteiger partial charge is 0.471 e. The number of ether oxygens (including phenoxy) is 4. The summed E-state index contributed by atoms with van der Waals surface area (Å²) in [5.74, 6) is -1.63. The Bertz CT molecular complexity index is 609. The lowest BCUT2D eigenvalue weighted by Crippen LogP contribution is -2.51. The predicted molar refractivity (Wildman–Crippen MR) is 71.1 cm³/mol. The summed E-state index contributed by atoms with van der Waals surface area (Å²) in [5.41, 5.74) is 0.521. The molecule has 10 heteroatoms. The van der Waals surface area contributed by atoms with E-state index in [2.05, 4.69) is 0 Å². The molecule has 2 aliphatic rings. The van der Waals surface area contributed by atoms with Crippen molar-refractivity contribution in [3.8, 4) is 11.5 Å². The van der Waals surface area contributed by atoms with Crippen molar-refractivity contribution >= 4 is 0 Å². The molecule has 1 saturated heterocycles. The van der Waals surface area contributed by atoms with Gasteiger partial charge in [-0.2, -0.15) is 0 Å². The Kier molecular flexibility index (Phi) is 4.08. The maximum Gasteiger partial charge on any atom is 0.471 e. The summed E-state index contributed by atoms with van der Waals surface area (Å²) in [4.78, 5) is 10.3. The molecule has 3 rings (SSSR count). The zero-order chi connectivity index (χ0) is 16.6. The molecule has 2 heterocycles. The first kappa shape index (κ1) is 15.9. The molecule has 1 fully saturated rings. The highest BCUT2D eigenvalue weighted by Gasteiger charge is 2.65. The van der Waals surface area contributed by atoms with Gasteiger partial charge in [-0.25, -0.2) is 0 Å². The predicted octanol–water partition coefficient (Wildman–Crippen LogP) is -1.02. The number of hydrogen-bond donors (Lipinski definition) is 3. The second-order valence-electron chi connectivity index (χ2n) is 5.14. The Hall–Kier alpha value is -1.98. The van der Waals surface area contributed by atoms with E-state index in [1.54, 1.807) is 18.2 Å². The number of benzene rings is 1. The van der Waals surface area contributed by atoms with E-state index < -0.39 is 35.8 Å². The number of fused-ring (bicyclic) bond motifs is 1. The molecule has 23 heavy (non-hydrogen) atoms. The smallest absolute Gasteiger partial charge is 0.454 e. The standard InChI is InChI=1S/C13H15NO9/c15-4-10-11(16)12(17)13(23-10,14(18)19)22-5-7-1-2-8-9(3-7)21-6-20-8/h1-3,10-12,15-17H,4-6H2/t10-,11-,12-,13?/m1/s1. The third kappa shape index (κ3) is 2.60. The molecule has 3 N–H and O–H groups in total. The Labute approximate surface area is 129 Å². The van der Waals surface area contributed by atoms with Crippen LogP contribution >= 0.6 is 0 Å². The van der Waals surface area contributed by atoms with Gasteiger partial charge in [0.1, 0.15) is 12.2 Å². The van der Waals surface area contributed by atoms with Crippen LogP contribution in [0.15, 0.2) is 18.2 Å². The van der Waals surface area contributed by atoms with Crippen LogP contribution in [0.3, 0.4) is 0 Å². The van der Waals surface area contributed by atoms with Crippen molar-refractivity contribution < 1.29 is 39.2 Å². The van der Waals surface area contributed by atoms with Crippen LogP contribution in [-0.4, -0.2) is 57.9 Å². The van der Waals surface area contributed by atoms with Gasteiger partial charge < -0.3 is 24.8 Å². The first-order valence-corrected chi connectivity index (χ1v) is 6.79. The second-order valence-corrected chi connectivity index (χ2v) is 5.14. The van der Waals surface area contributed by atoms with Gasteiger partial charge in [0.15, 0.2) is 11.5 Å². The molecule has 126 valence electrons. The number of nitro groups is 1. The molecule has 0 bridgehead atoms. The third-order valence-corrected chi connectivity index (χ3v) is 3.72. The maximum atomic E-state index is 11.3. The summed E-state index contributed by atoms with van der Waals surface area (Å²) in [7, 11) is 0. The van der Waals surface area contributed by atoms with Crippen molar-refractivity contribution in [2.24, 2.45) is 0 Å². The summed E-state index contributed by atoms with van der Waals surface area (Å²) in [6, 6.07) is 4.82. The fourth-order valence-electron chi connectivity index (χ4n) is 2.46. The van der Waals surface area contributed by atoms with E-state index in [1.165, 1.54) is 0 Å². The van der Waals surface area contributed by atoms with Gasteiger partial charge in [-0.1, -0.05) is 6.07 Å². The molecule has 4 atom stereocenters. The monoisotopic (exact) mass is 329 g/mol. The van der Waals surface area contributed by atoms with Crippen molar-refractivity contribution in [2.75, 3.05) is 13.4 Å². The average molecular weight is 329 g/mol. The van der Waals surface area contributed by atoms with Crippen LogP contribution < -0.4 is 9.47 Å². The highest BCUT2D eigenvalue weighted by Crippen LogP contribution is 2.36. The Morgan fingerprint density at radius 1 is 1.35 bits per heavy atom. The first-order chi connectivity index (χ1) is 11.0. The minimum absolute atomic E-state index is 0.0880. The minimum Gasteiger partial charge on any atom is -0.454 e. The molecule has 1 aromatic rings. The number of aliphatic hydroxyl groups is 3.